The number of hydrogen-bond acceptors (Lipinski definition) is 3. The number of epoxide rings is 1. The molecule has 1 spiro atoms. The van der Waals surface area contributed by atoms with Crippen molar-refractivity contribution < 1.29 is 4.74 Å². The maximum atomic E-state index is 9.09. The minimum atomic E-state index is 0.223. The van der Waals surface area contributed by atoms with E-state index in [1.54, 1.807) is 0 Å². The molecule has 4 nitrogen and oxygen atoms in total. The number of ether oxygens (including phenoxy) is 1. The van der Waals surface area contributed by atoms with Crippen LogP contribution in [0.1, 0.15) is 31.2 Å². The summed E-state index contributed by atoms with van der Waals surface area (Å²) in [6, 6.07) is 7.96. The molecule has 0 unspecified atom stereocenters. The molecule has 1 aromatic heterocycles. The van der Waals surface area contributed by atoms with Crippen molar-refractivity contribution in [1.82, 2.24) is 9.55 Å². The number of fused-ring (bicyclic) bond motifs is 2. The van der Waals surface area contributed by atoms with E-state index in [-0.39, 0.29) is 5.60 Å². The molecular formula is C17H17N3O. The lowest BCUT2D eigenvalue weighted by atomic mass is 9.81. The fourth-order valence-electron chi connectivity index (χ4n) is 4.41. The minimum Gasteiger partial charge on any atom is -0.370 e. The van der Waals surface area contributed by atoms with Crippen LogP contribution < -0.4 is 0 Å². The molecule has 3 fully saturated rings. The fraction of sp³-hybridized carbons (Fsp3) is 0.529. The van der Waals surface area contributed by atoms with Crippen molar-refractivity contribution in [1.29, 1.82) is 5.26 Å². The monoisotopic (exact) mass is 279 g/mol. The van der Waals surface area contributed by atoms with E-state index in [4.69, 9.17) is 10.00 Å². The Kier molecular flexibility index (Phi) is 2.05. The third-order valence-corrected chi connectivity index (χ3v) is 5.77. The lowest BCUT2D eigenvalue weighted by Gasteiger charge is -2.27. The van der Waals surface area contributed by atoms with Gasteiger partial charge in [-0.2, -0.15) is 5.26 Å². The Morgan fingerprint density at radius 3 is 3.19 bits per heavy atom. The van der Waals surface area contributed by atoms with Gasteiger partial charge in [-0.1, -0.05) is 0 Å². The third-order valence-electron chi connectivity index (χ3n) is 5.77. The molecule has 2 aliphatic carbocycles. The first-order valence-corrected chi connectivity index (χ1v) is 7.71. The summed E-state index contributed by atoms with van der Waals surface area (Å²) in [5.74, 6) is 0.865. The number of aromatic nitrogens is 2. The van der Waals surface area contributed by atoms with Crippen LogP contribution in [0.5, 0.6) is 0 Å². The maximum absolute atomic E-state index is 9.09. The molecule has 2 heterocycles. The number of benzene rings is 1. The largest absolute Gasteiger partial charge is 0.370 e. The van der Waals surface area contributed by atoms with Gasteiger partial charge >= 0.3 is 0 Å². The SMILES string of the molecule is N#Cc1ccc2ncn(C[C@@]34C[C@@H]3CC[C@]3(CO3)C4)c2c1. The molecule has 3 aliphatic rings. The molecule has 21 heavy (non-hydrogen) atoms. The normalized spacial score (nSPS) is 36.4. The second kappa shape index (κ2) is 3.66. The summed E-state index contributed by atoms with van der Waals surface area (Å²) in [5.41, 5.74) is 3.42. The van der Waals surface area contributed by atoms with E-state index in [0.29, 0.717) is 11.0 Å². The third kappa shape index (κ3) is 1.67. The van der Waals surface area contributed by atoms with E-state index < -0.39 is 0 Å². The molecule has 106 valence electrons. The van der Waals surface area contributed by atoms with E-state index in [1.165, 1.54) is 25.7 Å². The first-order valence-electron chi connectivity index (χ1n) is 7.71. The summed E-state index contributed by atoms with van der Waals surface area (Å²) in [6.07, 6.45) is 7.04. The number of rotatable bonds is 2. The average molecular weight is 279 g/mol. The number of nitrogens with zero attached hydrogens (tertiary/aromatic N) is 3. The first kappa shape index (κ1) is 11.8. The Balaban J connectivity index is 1.50. The molecule has 0 N–H and O–H groups in total. The van der Waals surface area contributed by atoms with Gasteiger partial charge in [0.05, 0.1) is 41.2 Å². The van der Waals surface area contributed by atoms with Gasteiger partial charge in [0.15, 0.2) is 0 Å². The van der Waals surface area contributed by atoms with Crippen molar-refractivity contribution in [2.75, 3.05) is 6.61 Å². The van der Waals surface area contributed by atoms with Gasteiger partial charge in [0.25, 0.3) is 0 Å². The van der Waals surface area contributed by atoms with Gasteiger partial charge in [0, 0.05) is 6.54 Å². The second-order valence-corrected chi connectivity index (χ2v) is 7.14. The smallest absolute Gasteiger partial charge is 0.0992 e. The Hall–Kier alpha value is -1.86. The van der Waals surface area contributed by atoms with Crippen LogP contribution in [-0.4, -0.2) is 21.8 Å². The summed E-state index contributed by atoms with van der Waals surface area (Å²) in [5, 5.41) is 9.09. The van der Waals surface area contributed by atoms with Gasteiger partial charge in [-0.15, -0.1) is 0 Å². The van der Waals surface area contributed by atoms with Crippen LogP contribution in [0.15, 0.2) is 24.5 Å². The molecule has 2 saturated carbocycles. The lowest BCUT2D eigenvalue weighted by Crippen LogP contribution is -2.27. The summed E-state index contributed by atoms with van der Waals surface area (Å²) in [6.45, 7) is 1.99. The highest BCUT2D eigenvalue weighted by atomic mass is 16.6. The Bertz CT molecular complexity index is 783. The van der Waals surface area contributed by atoms with Gasteiger partial charge in [-0.05, 0) is 55.2 Å². The van der Waals surface area contributed by atoms with Crippen LogP contribution in [0.25, 0.3) is 11.0 Å². The van der Waals surface area contributed by atoms with E-state index in [2.05, 4.69) is 15.6 Å². The quantitative estimate of drug-likeness (QED) is 0.794. The van der Waals surface area contributed by atoms with Crippen molar-refractivity contribution in [3.63, 3.8) is 0 Å². The van der Waals surface area contributed by atoms with E-state index in [1.807, 2.05) is 24.5 Å². The predicted molar refractivity (Wildman–Crippen MR) is 77.5 cm³/mol. The average Bonchev–Trinajstić information content (AvgIpc) is 3.38. The lowest BCUT2D eigenvalue weighted by molar-refractivity contribution is 0.168. The highest BCUT2D eigenvalue weighted by Gasteiger charge is 2.64. The zero-order valence-corrected chi connectivity index (χ0v) is 11.9. The zero-order valence-electron chi connectivity index (χ0n) is 11.9. The van der Waals surface area contributed by atoms with Crippen LogP contribution >= 0.6 is 0 Å². The van der Waals surface area contributed by atoms with Gasteiger partial charge in [-0.3, -0.25) is 0 Å². The maximum Gasteiger partial charge on any atom is 0.0992 e. The van der Waals surface area contributed by atoms with Crippen molar-refractivity contribution in [2.45, 2.75) is 37.8 Å². The standard InChI is InChI=1S/C17H17N3O/c18-7-12-1-2-14-15(5-12)20(11-19-14)9-16-6-13(16)3-4-17(8-16)10-21-17/h1-2,5,11,13H,3-4,6,8-10H2/t13-,16-,17+/m0/s1. The Labute approximate surface area is 123 Å². The highest BCUT2D eigenvalue weighted by molar-refractivity contribution is 5.77. The Morgan fingerprint density at radius 2 is 2.38 bits per heavy atom. The summed E-state index contributed by atoms with van der Waals surface area (Å²) >= 11 is 0. The van der Waals surface area contributed by atoms with Crippen LogP contribution in [0.4, 0.5) is 0 Å². The highest BCUT2D eigenvalue weighted by Crippen LogP contribution is 2.67. The second-order valence-electron chi connectivity index (χ2n) is 7.14. The molecule has 1 aliphatic heterocycles. The van der Waals surface area contributed by atoms with Gasteiger partial charge in [0.1, 0.15) is 0 Å². The molecular weight excluding hydrogens is 262 g/mol. The molecule has 0 radical (unpaired) electrons. The molecule has 2 aromatic rings. The molecule has 3 atom stereocenters. The van der Waals surface area contributed by atoms with E-state index >= 15 is 0 Å². The van der Waals surface area contributed by atoms with Gasteiger partial charge in [0.2, 0.25) is 0 Å². The first-order chi connectivity index (χ1) is 10.2. The van der Waals surface area contributed by atoms with E-state index in [0.717, 1.165) is 30.1 Å². The van der Waals surface area contributed by atoms with Crippen molar-refractivity contribution in [3.8, 4) is 6.07 Å². The van der Waals surface area contributed by atoms with Crippen molar-refractivity contribution in [2.24, 2.45) is 11.3 Å². The number of nitriles is 1. The number of hydrogen-bond donors (Lipinski definition) is 0. The summed E-state index contributed by atoms with van der Waals surface area (Å²) in [4.78, 5) is 4.48. The van der Waals surface area contributed by atoms with Gasteiger partial charge in [-0.25, -0.2) is 4.98 Å². The molecule has 0 bridgehead atoms. The summed E-state index contributed by atoms with van der Waals surface area (Å²) < 4.78 is 7.98. The molecule has 5 rings (SSSR count). The van der Waals surface area contributed by atoms with Crippen molar-refractivity contribution in [3.05, 3.63) is 30.1 Å². The summed E-state index contributed by atoms with van der Waals surface area (Å²) in [7, 11) is 0. The zero-order chi connectivity index (χ0) is 14.1. The van der Waals surface area contributed by atoms with E-state index in [9.17, 15) is 0 Å². The molecule has 4 heteroatoms. The van der Waals surface area contributed by atoms with Crippen molar-refractivity contribution >= 4 is 11.0 Å². The topological polar surface area (TPSA) is 54.1 Å². The predicted octanol–water partition coefficient (Wildman–Crippen LogP) is 2.87. The fourth-order valence-corrected chi connectivity index (χ4v) is 4.41. The van der Waals surface area contributed by atoms with Crippen LogP contribution in [-0.2, 0) is 11.3 Å². The van der Waals surface area contributed by atoms with Crippen LogP contribution in [0, 0.1) is 22.7 Å². The van der Waals surface area contributed by atoms with Crippen LogP contribution in [0.2, 0.25) is 0 Å². The molecule has 1 aromatic carbocycles. The molecule has 1 saturated heterocycles. The van der Waals surface area contributed by atoms with Gasteiger partial charge < -0.3 is 9.30 Å². The number of imidazole rings is 1. The molecule has 0 amide bonds. The Morgan fingerprint density at radius 1 is 1.48 bits per heavy atom. The van der Waals surface area contributed by atoms with Crippen LogP contribution in [0.3, 0.4) is 0 Å². The minimum absolute atomic E-state index is 0.223.